The first-order chi connectivity index (χ1) is 12.1. The summed E-state index contributed by atoms with van der Waals surface area (Å²) in [6.07, 6.45) is 0.578. The summed E-state index contributed by atoms with van der Waals surface area (Å²) in [4.78, 5) is 16.5. The lowest BCUT2D eigenvalue weighted by Gasteiger charge is -2.07. The molecule has 0 spiro atoms. The van der Waals surface area contributed by atoms with E-state index in [1.165, 1.54) is 12.1 Å². The maximum Gasteiger partial charge on any atom is 0.387 e. The monoisotopic (exact) mass is 342 g/mol. The van der Waals surface area contributed by atoms with Crippen LogP contribution >= 0.6 is 0 Å². The van der Waals surface area contributed by atoms with Crippen LogP contribution in [0, 0.1) is 0 Å². The topological polar surface area (TPSA) is 51.2 Å². The van der Waals surface area contributed by atoms with Crippen molar-refractivity contribution >= 4 is 16.8 Å². The van der Waals surface area contributed by atoms with E-state index in [1.54, 1.807) is 18.2 Å². The van der Waals surface area contributed by atoms with Crippen molar-refractivity contribution in [2.45, 2.75) is 13.0 Å². The molecule has 1 amide bonds. The predicted octanol–water partition coefficient (Wildman–Crippen LogP) is 3.81. The van der Waals surface area contributed by atoms with Crippen LogP contribution in [0.25, 0.3) is 10.9 Å². The summed E-state index contributed by atoms with van der Waals surface area (Å²) < 4.78 is 28.5. The highest BCUT2D eigenvalue weighted by molar-refractivity contribution is 5.94. The number of halogens is 2. The molecule has 25 heavy (non-hydrogen) atoms. The van der Waals surface area contributed by atoms with Gasteiger partial charge in [-0.25, -0.2) is 4.98 Å². The minimum Gasteiger partial charge on any atom is -0.435 e. The summed E-state index contributed by atoms with van der Waals surface area (Å²) in [6, 6.07) is 17.5. The molecular formula is C19H16F2N2O2. The molecule has 0 atom stereocenters. The molecule has 0 fully saturated rings. The SMILES string of the molecule is O=C(NCCc1ccc(OC(F)F)cc1)c1ccc2ccccc2n1. The second-order valence-corrected chi connectivity index (χ2v) is 5.42. The number of hydrogen-bond acceptors (Lipinski definition) is 3. The molecule has 0 unspecified atom stereocenters. The molecule has 2 aromatic carbocycles. The minimum absolute atomic E-state index is 0.114. The fourth-order valence-electron chi connectivity index (χ4n) is 2.44. The van der Waals surface area contributed by atoms with E-state index in [4.69, 9.17) is 0 Å². The van der Waals surface area contributed by atoms with Crippen LogP contribution in [0.15, 0.2) is 60.7 Å². The fourth-order valence-corrected chi connectivity index (χ4v) is 2.44. The summed E-state index contributed by atoms with van der Waals surface area (Å²) in [5, 5.41) is 3.78. The van der Waals surface area contributed by atoms with Crippen LogP contribution < -0.4 is 10.1 Å². The maximum absolute atomic E-state index is 12.2. The Hall–Kier alpha value is -3.02. The smallest absolute Gasteiger partial charge is 0.387 e. The van der Waals surface area contributed by atoms with Crippen molar-refractivity contribution in [3.05, 3.63) is 71.9 Å². The number of benzene rings is 2. The molecule has 0 saturated heterocycles. The lowest BCUT2D eigenvalue weighted by atomic mass is 10.1. The Morgan fingerprint density at radius 1 is 1.04 bits per heavy atom. The second-order valence-electron chi connectivity index (χ2n) is 5.42. The summed E-state index contributed by atoms with van der Waals surface area (Å²) >= 11 is 0. The number of rotatable bonds is 6. The van der Waals surface area contributed by atoms with Gasteiger partial charge in [0.05, 0.1) is 5.52 Å². The molecule has 4 nitrogen and oxygen atoms in total. The van der Waals surface area contributed by atoms with Gasteiger partial charge in [0.2, 0.25) is 0 Å². The third kappa shape index (κ3) is 4.50. The van der Waals surface area contributed by atoms with E-state index in [-0.39, 0.29) is 11.7 Å². The molecule has 0 bridgehead atoms. The van der Waals surface area contributed by atoms with E-state index in [1.807, 2.05) is 30.3 Å². The van der Waals surface area contributed by atoms with Gasteiger partial charge in [-0.05, 0) is 36.2 Å². The molecule has 0 aliphatic carbocycles. The number of pyridine rings is 1. The number of carbonyl (C=O) groups excluding carboxylic acids is 1. The lowest BCUT2D eigenvalue weighted by molar-refractivity contribution is -0.0498. The highest BCUT2D eigenvalue weighted by Crippen LogP contribution is 2.15. The number of fused-ring (bicyclic) bond motifs is 1. The Balaban J connectivity index is 1.54. The molecule has 0 aliphatic heterocycles. The maximum atomic E-state index is 12.2. The summed E-state index contributed by atoms with van der Waals surface area (Å²) in [7, 11) is 0. The molecule has 3 rings (SSSR count). The Labute approximate surface area is 143 Å². The average Bonchev–Trinajstić information content (AvgIpc) is 2.62. The molecule has 1 aromatic heterocycles. The highest BCUT2D eigenvalue weighted by atomic mass is 19.3. The zero-order chi connectivity index (χ0) is 17.6. The number of aromatic nitrogens is 1. The van der Waals surface area contributed by atoms with Gasteiger partial charge in [-0.15, -0.1) is 0 Å². The third-order valence-corrected chi connectivity index (χ3v) is 3.68. The first-order valence-electron chi connectivity index (χ1n) is 7.79. The summed E-state index contributed by atoms with van der Waals surface area (Å²) in [6.45, 7) is -2.41. The van der Waals surface area contributed by atoms with Gasteiger partial charge < -0.3 is 10.1 Å². The second kappa shape index (κ2) is 7.70. The number of alkyl halides is 2. The zero-order valence-corrected chi connectivity index (χ0v) is 13.3. The number of amides is 1. The van der Waals surface area contributed by atoms with Gasteiger partial charge >= 0.3 is 6.61 Å². The van der Waals surface area contributed by atoms with Crippen LogP contribution in [-0.2, 0) is 6.42 Å². The average molecular weight is 342 g/mol. The number of nitrogens with zero attached hydrogens (tertiary/aromatic N) is 1. The molecular weight excluding hydrogens is 326 g/mol. The van der Waals surface area contributed by atoms with E-state index in [0.29, 0.717) is 18.7 Å². The summed E-state index contributed by atoms with van der Waals surface area (Å²) in [5.41, 5.74) is 2.04. The Morgan fingerprint density at radius 3 is 2.56 bits per heavy atom. The van der Waals surface area contributed by atoms with E-state index in [9.17, 15) is 13.6 Å². The van der Waals surface area contributed by atoms with Gasteiger partial charge in [-0.1, -0.05) is 36.4 Å². The first kappa shape index (κ1) is 16.8. The van der Waals surface area contributed by atoms with Crippen molar-refractivity contribution in [3.8, 4) is 5.75 Å². The Morgan fingerprint density at radius 2 is 1.80 bits per heavy atom. The molecule has 6 heteroatoms. The molecule has 0 saturated carbocycles. The van der Waals surface area contributed by atoms with Crippen molar-refractivity contribution in [3.63, 3.8) is 0 Å². The first-order valence-corrected chi connectivity index (χ1v) is 7.79. The van der Waals surface area contributed by atoms with Gasteiger partial charge in [-0.3, -0.25) is 4.79 Å². The quantitative estimate of drug-likeness (QED) is 0.741. The molecule has 0 aliphatic rings. The van der Waals surface area contributed by atoms with E-state index >= 15 is 0 Å². The van der Waals surface area contributed by atoms with Crippen molar-refractivity contribution in [1.29, 1.82) is 0 Å². The van der Waals surface area contributed by atoms with Crippen LogP contribution in [0.3, 0.4) is 0 Å². The van der Waals surface area contributed by atoms with Crippen LogP contribution in [0.4, 0.5) is 8.78 Å². The van der Waals surface area contributed by atoms with Gasteiger partial charge in [0, 0.05) is 11.9 Å². The van der Waals surface area contributed by atoms with E-state index in [0.717, 1.165) is 16.5 Å². The highest BCUT2D eigenvalue weighted by Gasteiger charge is 2.08. The number of hydrogen-bond donors (Lipinski definition) is 1. The van der Waals surface area contributed by atoms with Crippen LogP contribution in [0.2, 0.25) is 0 Å². The van der Waals surface area contributed by atoms with Gasteiger partial charge in [0.15, 0.2) is 0 Å². The third-order valence-electron chi connectivity index (χ3n) is 3.68. The molecule has 128 valence electrons. The van der Waals surface area contributed by atoms with E-state index in [2.05, 4.69) is 15.0 Å². The number of ether oxygens (including phenoxy) is 1. The molecule has 3 aromatic rings. The van der Waals surface area contributed by atoms with Gasteiger partial charge in [-0.2, -0.15) is 8.78 Å². The Bertz CT molecular complexity index is 867. The van der Waals surface area contributed by atoms with Crippen LogP contribution in [0.1, 0.15) is 16.1 Å². The Kier molecular flexibility index (Phi) is 5.18. The predicted molar refractivity (Wildman–Crippen MR) is 90.9 cm³/mol. The van der Waals surface area contributed by atoms with Gasteiger partial charge in [0.1, 0.15) is 11.4 Å². The number of carbonyl (C=O) groups is 1. The normalized spacial score (nSPS) is 10.8. The van der Waals surface area contributed by atoms with Crippen molar-refractivity contribution < 1.29 is 18.3 Å². The van der Waals surface area contributed by atoms with Gasteiger partial charge in [0.25, 0.3) is 5.91 Å². The van der Waals surface area contributed by atoms with E-state index < -0.39 is 6.61 Å². The summed E-state index contributed by atoms with van der Waals surface area (Å²) in [5.74, 6) is -0.133. The number of nitrogens with one attached hydrogen (secondary N) is 1. The lowest BCUT2D eigenvalue weighted by Crippen LogP contribution is -2.26. The van der Waals surface area contributed by atoms with Crippen LogP contribution in [-0.4, -0.2) is 24.0 Å². The molecule has 1 heterocycles. The minimum atomic E-state index is -2.83. The molecule has 0 radical (unpaired) electrons. The van der Waals surface area contributed by atoms with Crippen molar-refractivity contribution in [2.24, 2.45) is 0 Å². The number of para-hydroxylation sites is 1. The molecule has 1 N–H and O–H groups in total. The van der Waals surface area contributed by atoms with Crippen LogP contribution in [0.5, 0.6) is 5.75 Å². The zero-order valence-electron chi connectivity index (χ0n) is 13.3. The fraction of sp³-hybridized carbons (Fsp3) is 0.158. The van der Waals surface area contributed by atoms with Crippen molar-refractivity contribution in [1.82, 2.24) is 10.3 Å². The standard InChI is InChI=1S/C19H16F2N2O2/c20-19(21)25-15-8-5-13(6-9-15)11-12-22-18(24)17-10-7-14-3-1-2-4-16(14)23-17/h1-10,19H,11-12H2,(H,22,24). The van der Waals surface area contributed by atoms with Crippen molar-refractivity contribution in [2.75, 3.05) is 6.54 Å². The largest absolute Gasteiger partial charge is 0.435 e.